The maximum atomic E-state index is 12.5. The Balaban J connectivity index is 2.10. The van der Waals surface area contributed by atoms with Crippen LogP contribution >= 0.6 is 11.6 Å². The highest BCUT2D eigenvalue weighted by atomic mass is 35.5. The van der Waals surface area contributed by atoms with Crippen molar-refractivity contribution in [1.29, 1.82) is 0 Å². The number of ether oxygens (including phenoxy) is 1. The van der Waals surface area contributed by atoms with Crippen molar-refractivity contribution in [3.8, 4) is 0 Å². The molecule has 0 N–H and O–H groups in total. The lowest BCUT2D eigenvalue weighted by Gasteiger charge is -2.23. The summed E-state index contributed by atoms with van der Waals surface area (Å²) >= 11 is 5.55. The van der Waals surface area contributed by atoms with Gasteiger partial charge in [0.25, 0.3) is 0 Å². The molecule has 2 aromatic rings. The molecule has 0 heterocycles. The van der Waals surface area contributed by atoms with Crippen LogP contribution in [0.1, 0.15) is 17.5 Å². The van der Waals surface area contributed by atoms with Crippen LogP contribution < -0.4 is 4.90 Å². The van der Waals surface area contributed by atoms with E-state index in [2.05, 4.69) is 0 Å². The van der Waals surface area contributed by atoms with Crippen LogP contribution in [0, 0.1) is 6.92 Å². The van der Waals surface area contributed by atoms with E-state index in [0.717, 1.165) is 16.8 Å². The third kappa shape index (κ3) is 5.10. The van der Waals surface area contributed by atoms with Crippen molar-refractivity contribution in [1.82, 2.24) is 0 Å². The molecule has 0 radical (unpaired) electrons. The van der Waals surface area contributed by atoms with Gasteiger partial charge in [-0.2, -0.15) is 0 Å². The molecule has 0 aliphatic carbocycles. The number of carbonyl (C=O) groups is 2. The van der Waals surface area contributed by atoms with Gasteiger partial charge >= 0.3 is 6.09 Å². The number of alkyl halides is 1. The summed E-state index contributed by atoms with van der Waals surface area (Å²) in [7, 11) is 0. The zero-order valence-corrected chi connectivity index (χ0v) is 14.3. The number of halogens is 1. The normalized spacial score (nSPS) is 10.2. The predicted molar refractivity (Wildman–Crippen MR) is 95.5 cm³/mol. The maximum absolute atomic E-state index is 12.5. The van der Waals surface area contributed by atoms with E-state index in [-0.39, 0.29) is 31.2 Å². The van der Waals surface area contributed by atoms with Crippen molar-refractivity contribution in [2.45, 2.75) is 20.0 Å². The minimum atomic E-state index is -0.476. The number of Topliss-reactive ketones (excluding diaryl/α,β-unsaturated/α-hetero) is 1. The topological polar surface area (TPSA) is 46.6 Å². The highest BCUT2D eigenvalue weighted by Crippen LogP contribution is 2.21. The first kappa shape index (κ1) is 18.0. The van der Waals surface area contributed by atoms with E-state index in [4.69, 9.17) is 16.3 Å². The Morgan fingerprint density at radius 3 is 2.38 bits per heavy atom. The van der Waals surface area contributed by atoms with E-state index in [9.17, 15) is 9.59 Å². The van der Waals surface area contributed by atoms with Gasteiger partial charge in [-0.05, 0) is 24.1 Å². The number of nitrogens with zero attached hydrogens (tertiary/aromatic N) is 1. The summed E-state index contributed by atoms with van der Waals surface area (Å²) < 4.78 is 5.41. The molecule has 0 aliphatic heterocycles. The van der Waals surface area contributed by atoms with Crippen molar-refractivity contribution in [2.75, 3.05) is 17.3 Å². The second kappa shape index (κ2) is 9.08. The summed E-state index contributed by atoms with van der Waals surface area (Å²) in [4.78, 5) is 25.5. The maximum Gasteiger partial charge on any atom is 0.414 e. The molecular formula is C19H20ClNO3. The number of benzene rings is 2. The van der Waals surface area contributed by atoms with Gasteiger partial charge in [0.15, 0.2) is 0 Å². The van der Waals surface area contributed by atoms with Crippen LogP contribution in [-0.2, 0) is 16.1 Å². The van der Waals surface area contributed by atoms with Crippen molar-refractivity contribution in [3.05, 3.63) is 65.7 Å². The molecule has 0 saturated carbocycles. The Morgan fingerprint density at radius 2 is 1.71 bits per heavy atom. The highest BCUT2D eigenvalue weighted by Gasteiger charge is 2.19. The summed E-state index contributed by atoms with van der Waals surface area (Å²) in [5.74, 6) is -0.160. The Kier molecular flexibility index (Phi) is 6.82. The first-order valence-corrected chi connectivity index (χ1v) is 8.26. The van der Waals surface area contributed by atoms with Crippen LogP contribution in [0.2, 0.25) is 0 Å². The van der Waals surface area contributed by atoms with Crippen LogP contribution in [0.5, 0.6) is 0 Å². The standard InChI is InChI=1S/C19H20ClNO3/c1-15-7-5-6-10-18(15)21(12-11-17(22)13-20)19(23)24-14-16-8-3-2-4-9-16/h2-10H,11-14H2,1H3. The van der Waals surface area contributed by atoms with Gasteiger partial charge in [-0.3, -0.25) is 9.69 Å². The molecule has 4 nitrogen and oxygen atoms in total. The van der Waals surface area contributed by atoms with E-state index < -0.39 is 6.09 Å². The van der Waals surface area contributed by atoms with Crippen molar-refractivity contribution in [2.24, 2.45) is 0 Å². The molecule has 0 spiro atoms. The van der Waals surface area contributed by atoms with Crippen LogP contribution in [-0.4, -0.2) is 24.3 Å². The van der Waals surface area contributed by atoms with Gasteiger partial charge in [-0.25, -0.2) is 4.79 Å². The predicted octanol–water partition coefficient (Wildman–Crippen LogP) is 4.34. The number of amides is 1. The fourth-order valence-corrected chi connectivity index (χ4v) is 2.41. The summed E-state index contributed by atoms with van der Waals surface area (Å²) in [6.07, 6.45) is -0.284. The lowest BCUT2D eigenvalue weighted by Crippen LogP contribution is -2.34. The fraction of sp³-hybridized carbons (Fsp3) is 0.263. The molecule has 0 aliphatic rings. The lowest BCUT2D eigenvalue weighted by molar-refractivity contribution is -0.116. The SMILES string of the molecule is Cc1ccccc1N(CCC(=O)CCl)C(=O)OCc1ccccc1. The van der Waals surface area contributed by atoms with Gasteiger partial charge in [0.1, 0.15) is 12.4 Å². The number of rotatable bonds is 7. The second-order valence-electron chi connectivity index (χ2n) is 5.40. The quantitative estimate of drug-likeness (QED) is 0.701. The number of ketones is 1. The number of carbonyl (C=O) groups excluding carboxylic acids is 2. The number of hydrogen-bond acceptors (Lipinski definition) is 3. The van der Waals surface area contributed by atoms with Gasteiger partial charge in [-0.1, -0.05) is 48.5 Å². The monoisotopic (exact) mass is 345 g/mol. The molecular weight excluding hydrogens is 326 g/mol. The number of anilines is 1. The minimum Gasteiger partial charge on any atom is -0.444 e. The molecule has 2 aromatic carbocycles. The molecule has 2 rings (SSSR count). The molecule has 0 fully saturated rings. The Hall–Kier alpha value is -2.33. The number of aryl methyl sites for hydroxylation is 1. The van der Waals surface area contributed by atoms with E-state index in [0.29, 0.717) is 0 Å². The molecule has 24 heavy (non-hydrogen) atoms. The smallest absolute Gasteiger partial charge is 0.414 e. The summed E-state index contributed by atoms with van der Waals surface area (Å²) in [5, 5.41) is 0. The highest BCUT2D eigenvalue weighted by molar-refractivity contribution is 6.27. The molecule has 0 bridgehead atoms. The summed E-state index contributed by atoms with van der Waals surface area (Å²) in [5.41, 5.74) is 2.58. The number of para-hydroxylation sites is 1. The molecule has 0 unspecified atom stereocenters. The molecule has 1 amide bonds. The average molecular weight is 346 g/mol. The van der Waals surface area contributed by atoms with Crippen molar-refractivity contribution >= 4 is 29.2 Å². The summed E-state index contributed by atoms with van der Waals surface area (Å²) in [6.45, 7) is 2.34. The van der Waals surface area contributed by atoms with Crippen LogP contribution in [0.3, 0.4) is 0 Å². The summed E-state index contributed by atoms with van der Waals surface area (Å²) in [6, 6.07) is 17.0. The van der Waals surface area contributed by atoms with Crippen molar-refractivity contribution in [3.63, 3.8) is 0 Å². The van der Waals surface area contributed by atoms with E-state index in [1.54, 1.807) is 0 Å². The van der Waals surface area contributed by atoms with Crippen LogP contribution in [0.4, 0.5) is 10.5 Å². The van der Waals surface area contributed by atoms with Gasteiger partial charge in [0, 0.05) is 18.7 Å². The zero-order valence-electron chi connectivity index (χ0n) is 13.6. The van der Waals surface area contributed by atoms with Crippen LogP contribution in [0.25, 0.3) is 0 Å². The van der Waals surface area contributed by atoms with Gasteiger partial charge in [0.2, 0.25) is 0 Å². The third-order valence-corrected chi connectivity index (χ3v) is 3.89. The van der Waals surface area contributed by atoms with Gasteiger partial charge < -0.3 is 4.74 Å². The zero-order chi connectivity index (χ0) is 17.4. The Labute approximate surface area is 147 Å². The Morgan fingerprint density at radius 1 is 1.04 bits per heavy atom. The van der Waals surface area contributed by atoms with E-state index in [1.165, 1.54) is 4.90 Å². The fourth-order valence-electron chi connectivity index (χ4n) is 2.28. The largest absolute Gasteiger partial charge is 0.444 e. The van der Waals surface area contributed by atoms with E-state index >= 15 is 0 Å². The van der Waals surface area contributed by atoms with Gasteiger partial charge in [-0.15, -0.1) is 11.6 Å². The minimum absolute atomic E-state index is 0.0549. The Bertz CT molecular complexity index is 688. The molecule has 0 saturated heterocycles. The second-order valence-corrected chi connectivity index (χ2v) is 5.67. The third-order valence-electron chi connectivity index (χ3n) is 3.60. The lowest BCUT2D eigenvalue weighted by atomic mass is 10.1. The van der Waals surface area contributed by atoms with Crippen LogP contribution in [0.15, 0.2) is 54.6 Å². The van der Waals surface area contributed by atoms with E-state index in [1.807, 2.05) is 61.5 Å². The first-order chi connectivity index (χ1) is 11.6. The average Bonchev–Trinajstić information content (AvgIpc) is 2.62. The first-order valence-electron chi connectivity index (χ1n) is 7.73. The molecule has 0 atom stereocenters. The molecule has 0 aromatic heterocycles. The number of hydrogen-bond donors (Lipinski definition) is 0. The molecule has 126 valence electrons. The van der Waals surface area contributed by atoms with Gasteiger partial charge in [0.05, 0.1) is 5.88 Å². The van der Waals surface area contributed by atoms with Crippen molar-refractivity contribution < 1.29 is 14.3 Å². The molecule has 5 heteroatoms.